The predicted octanol–water partition coefficient (Wildman–Crippen LogP) is 0.590. The molecule has 2 heterocycles. The van der Waals surface area contributed by atoms with E-state index < -0.39 is 0 Å². The summed E-state index contributed by atoms with van der Waals surface area (Å²) in [6, 6.07) is 4.08. The molecule has 20 heavy (non-hydrogen) atoms. The highest BCUT2D eigenvalue weighted by atomic mass is 32.1. The van der Waals surface area contributed by atoms with Crippen LogP contribution in [0.25, 0.3) is 0 Å². The zero-order valence-corrected chi connectivity index (χ0v) is 12.1. The van der Waals surface area contributed by atoms with Crippen LogP contribution in [0.2, 0.25) is 0 Å². The summed E-state index contributed by atoms with van der Waals surface area (Å²) in [7, 11) is 0. The summed E-state index contributed by atoms with van der Waals surface area (Å²) in [6.07, 6.45) is 4.35. The van der Waals surface area contributed by atoms with Crippen LogP contribution in [-0.4, -0.2) is 34.0 Å². The minimum absolute atomic E-state index is 0.0446. The lowest BCUT2D eigenvalue weighted by Crippen LogP contribution is -2.29. The van der Waals surface area contributed by atoms with E-state index in [1.165, 1.54) is 4.88 Å². The third kappa shape index (κ3) is 4.75. The average molecular weight is 293 g/mol. The van der Waals surface area contributed by atoms with E-state index in [0.29, 0.717) is 13.1 Å². The molecule has 0 aliphatic heterocycles. The molecule has 2 aromatic rings. The molecule has 0 bridgehead atoms. The van der Waals surface area contributed by atoms with Gasteiger partial charge in [-0.1, -0.05) is 11.3 Å². The van der Waals surface area contributed by atoms with Gasteiger partial charge in [0.25, 0.3) is 0 Å². The van der Waals surface area contributed by atoms with Gasteiger partial charge in [0, 0.05) is 17.6 Å². The second-order valence-corrected chi connectivity index (χ2v) is 5.51. The Hall–Kier alpha value is -1.73. The highest BCUT2D eigenvalue weighted by Gasteiger charge is 2.05. The fourth-order valence-electron chi connectivity index (χ4n) is 1.80. The third-order valence-electron chi connectivity index (χ3n) is 2.80. The van der Waals surface area contributed by atoms with Gasteiger partial charge in [-0.2, -0.15) is 0 Å². The van der Waals surface area contributed by atoms with E-state index in [4.69, 9.17) is 5.73 Å². The molecular weight excluding hydrogens is 274 g/mol. The molecule has 108 valence electrons. The summed E-state index contributed by atoms with van der Waals surface area (Å²) in [5, 5.41) is 12.9. The number of nitrogens with one attached hydrogen (secondary N) is 1. The molecule has 0 saturated heterocycles. The third-order valence-corrected chi connectivity index (χ3v) is 3.74. The Morgan fingerprint density at radius 2 is 2.35 bits per heavy atom. The summed E-state index contributed by atoms with van der Waals surface area (Å²) < 4.78 is 1.56. The zero-order valence-electron chi connectivity index (χ0n) is 11.3. The lowest BCUT2D eigenvalue weighted by atomic mass is 10.2. The largest absolute Gasteiger partial charge is 0.354 e. The van der Waals surface area contributed by atoms with E-state index in [1.54, 1.807) is 22.2 Å². The van der Waals surface area contributed by atoms with E-state index >= 15 is 0 Å². The highest BCUT2D eigenvalue weighted by molar-refractivity contribution is 7.09. The van der Waals surface area contributed by atoms with Crippen molar-refractivity contribution in [2.24, 2.45) is 5.73 Å². The van der Waals surface area contributed by atoms with Crippen molar-refractivity contribution in [2.45, 2.75) is 25.8 Å². The average Bonchev–Trinajstić information content (AvgIpc) is 3.08. The molecular formula is C13H19N5OS. The van der Waals surface area contributed by atoms with Gasteiger partial charge in [-0.05, 0) is 37.3 Å². The van der Waals surface area contributed by atoms with Gasteiger partial charge >= 0.3 is 0 Å². The van der Waals surface area contributed by atoms with Crippen molar-refractivity contribution < 1.29 is 4.79 Å². The molecule has 2 aromatic heterocycles. The molecule has 0 aliphatic carbocycles. The van der Waals surface area contributed by atoms with Crippen LogP contribution in [0.4, 0.5) is 0 Å². The van der Waals surface area contributed by atoms with E-state index in [-0.39, 0.29) is 12.5 Å². The van der Waals surface area contributed by atoms with Gasteiger partial charge in [-0.3, -0.25) is 4.79 Å². The molecule has 0 spiro atoms. The topological polar surface area (TPSA) is 85.8 Å². The normalized spacial score (nSPS) is 10.7. The lowest BCUT2D eigenvalue weighted by Gasteiger charge is -2.03. The first kappa shape index (κ1) is 14.7. The molecule has 3 N–H and O–H groups in total. The first-order valence-electron chi connectivity index (χ1n) is 6.66. The SMILES string of the molecule is NCCCc1cn(CC(=O)NCCc2cccs2)nn1. The maximum absolute atomic E-state index is 11.7. The van der Waals surface area contributed by atoms with E-state index in [1.807, 2.05) is 11.4 Å². The second-order valence-electron chi connectivity index (χ2n) is 4.48. The first-order chi connectivity index (χ1) is 9.78. The van der Waals surface area contributed by atoms with Crippen LogP contribution in [0.15, 0.2) is 23.7 Å². The Morgan fingerprint density at radius 3 is 3.10 bits per heavy atom. The summed E-state index contributed by atoms with van der Waals surface area (Å²) in [5.74, 6) is -0.0446. The summed E-state index contributed by atoms with van der Waals surface area (Å²) >= 11 is 1.70. The van der Waals surface area contributed by atoms with Crippen molar-refractivity contribution in [3.63, 3.8) is 0 Å². The number of aryl methyl sites for hydroxylation is 1. The number of carbonyl (C=O) groups is 1. The number of rotatable bonds is 8. The maximum atomic E-state index is 11.7. The molecule has 6 nitrogen and oxygen atoms in total. The lowest BCUT2D eigenvalue weighted by molar-refractivity contribution is -0.121. The molecule has 0 unspecified atom stereocenters. The minimum Gasteiger partial charge on any atom is -0.354 e. The molecule has 2 rings (SSSR count). The number of nitrogens with two attached hydrogens (primary N) is 1. The van der Waals surface area contributed by atoms with Crippen LogP contribution in [0.5, 0.6) is 0 Å². The van der Waals surface area contributed by atoms with Gasteiger partial charge in [0.05, 0.1) is 5.69 Å². The van der Waals surface area contributed by atoms with Crippen LogP contribution in [0, 0.1) is 0 Å². The number of hydrogen-bond acceptors (Lipinski definition) is 5. The Labute approximate surface area is 122 Å². The first-order valence-corrected chi connectivity index (χ1v) is 7.54. The fourth-order valence-corrected chi connectivity index (χ4v) is 2.51. The quantitative estimate of drug-likeness (QED) is 0.746. The molecule has 0 saturated carbocycles. The Bertz CT molecular complexity index is 523. The van der Waals surface area contributed by atoms with Crippen LogP contribution in [0.3, 0.4) is 0 Å². The molecule has 0 atom stereocenters. The maximum Gasteiger partial charge on any atom is 0.241 e. The minimum atomic E-state index is -0.0446. The van der Waals surface area contributed by atoms with Crippen molar-refractivity contribution in [1.29, 1.82) is 0 Å². The number of aromatic nitrogens is 3. The van der Waals surface area contributed by atoms with Crippen LogP contribution in [-0.2, 0) is 24.2 Å². The van der Waals surface area contributed by atoms with Crippen LogP contribution in [0.1, 0.15) is 17.0 Å². The number of amides is 1. The summed E-state index contributed by atoms with van der Waals surface area (Å²) in [4.78, 5) is 13.0. The van der Waals surface area contributed by atoms with E-state index in [9.17, 15) is 4.79 Å². The fraction of sp³-hybridized carbons (Fsp3) is 0.462. The number of hydrogen-bond donors (Lipinski definition) is 2. The van der Waals surface area contributed by atoms with Crippen molar-refractivity contribution in [3.05, 3.63) is 34.3 Å². The Morgan fingerprint density at radius 1 is 1.45 bits per heavy atom. The standard InChI is InChI=1S/C13H19N5OS/c14-6-1-3-11-9-18(17-16-11)10-13(19)15-7-5-12-4-2-8-20-12/h2,4,8-9H,1,3,5-7,10,14H2,(H,15,19). The number of carbonyl (C=O) groups excluding carboxylic acids is 1. The Kier molecular flexibility index (Phi) is 5.69. The molecule has 1 amide bonds. The van der Waals surface area contributed by atoms with Crippen molar-refractivity contribution in [1.82, 2.24) is 20.3 Å². The van der Waals surface area contributed by atoms with Crippen molar-refractivity contribution in [2.75, 3.05) is 13.1 Å². The van der Waals surface area contributed by atoms with Crippen LogP contribution >= 0.6 is 11.3 Å². The van der Waals surface area contributed by atoms with Crippen molar-refractivity contribution >= 4 is 17.2 Å². The van der Waals surface area contributed by atoms with Gasteiger partial charge in [-0.25, -0.2) is 4.68 Å². The highest BCUT2D eigenvalue weighted by Crippen LogP contribution is 2.08. The summed E-state index contributed by atoms with van der Waals surface area (Å²) in [5.41, 5.74) is 6.32. The smallest absolute Gasteiger partial charge is 0.241 e. The number of nitrogens with zero attached hydrogens (tertiary/aromatic N) is 3. The van der Waals surface area contributed by atoms with Crippen LogP contribution < -0.4 is 11.1 Å². The molecule has 7 heteroatoms. The zero-order chi connectivity index (χ0) is 14.2. The Balaban J connectivity index is 1.69. The van der Waals surface area contributed by atoms with Gasteiger partial charge < -0.3 is 11.1 Å². The molecule has 0 fully saturated rings. The van der Waals surface area contributed by atoms with Gasteiger partial charge in [0.2, 0.25) is 5.91 Å². The van der Waals surface area contributed by atoms with Gasteiger partial charge in [-0.15, -0.1) is 16.4 Å². The molecule has 0 aromatic carbocycles. The molecule has 0 radical (unpaired) electrons. The van der Waals surface area contributed by atoms with E-state index in [2.05, 4.69) is 21.7 Å². The molecule has 0 aliphatic rings. The van der Waals surface area contributed by atoms with Gasteiger partial charge in [0.15, 0.2) is 0 Å². The predicted molar refractivity (Wildman–Crippen MR) is 78.4 cm³/mol. The van der Waals surface area contributed by atoms with Gasteiger partial charge in [0.1, 0.15) is 6.54 Å². The van der Waals surface area contributed by atoms with Crippen molar-refractivity contribution in [3.8, 4) is 0 Å². The summed E-state index contributed by atoms with van der Waals surface area (Å²) in [6.45, 7) is 1.49. The van der Waals surface area contributed by atoms with E-state index in [0.717, 1.165) is 25.0 Å². The monoisotopic (exact) mass is 293 g/mol. The second kappa shape index (κ2) is 7.76. The number of thiophene rings is 1.